The van der Waals surface area contributed by atoms with Crippen molar-refractivity contribution in [3.8, 4) is 0 Å². The summed E-state index contributed by atoms with van der Waals surface area (Å²) in [6.07, 6.45) is 0.390. The Morgan fingerprint density at radius 1 is 0.750 bits per heavy atom. The molecule has 0 aromatic heterocycles. The highest BCUT2D eigenvalue weighted by Gasteiger charge is 2.29. The van der Waals surface area contributed by atoms with E-state index in [4.69, 9.17) is 23.7 Å². The molecule has 0 unspecified atom stereocenters. The maximum Gasteiger partial charge on any atom is 0.112 e. The Balaban J connectivity index is 4.37. The van der Waals surface area contributed by atoms with Crippen LogP contribution in [0.3, 0.4) is 0 Å². The maximum absolute atomic E-state index is 5.42. The molecular weight excluding hydrogens is 212 g/mol. The Hall–Kier alpha value is -0.200. The van der Waals surface area contributed by atoms with E-state index in [2.05, 4.69) is 0 Å². The molecule has 0 N–H and O–H groups in total. The van der Waals surface area contributed by atoms with Gasteiger partial charge < -0.3 is 23.7 Å². The van der Waals surface area contributed by atoms with Gasteiger partial charge in [-0.15, -0.1) is 0 Å². The van der Waals surface area contributed by atoms with Crippen LogP contribution in [0.15, 0.2) is 0 Å². The van der Waals surface area contributed by atoms with Crippen LogP contribution in [0.25, 0.3) is 0 Å². The molecule has 0 spiro atoms. The Morgan fingerprint density at radius 3 is 1.75 bits per heavy atom. The zero-order valence-electron chi connectivity index (χ0n) is 10.9. The number of ether oxygens (including phenoxy) is 5. The summed E-state index contributed by atoms with van der Waals surface area (Å²) in [6, 6.07) is 0. The maximum atomic E-state index is 5.42. The van der Waals surface area contributed by atoms with Crippen LogP contribution in [0.4, 0.5) is 0 Å². The first-order chi connectivity index (χ1) is 7.74. The zero-order valence-corrected chi connectivity index (χ0v) is 10.9. The standard InChI is InChI=1S/C11H24O5/c1-12-7-6-9(14-3)11(16-5)10(15-4)8-13-2/h9-11H,6-8H2,1-5H3/t9-,10-,11+/m0/s1. The Kier molecular flexibility index (Phi) is 9.86. The van der Waals surface area contributed by atoms with Crippen LogP contribution < -0.4 is 0 Å². The lowest BCUT2D eigenvalue weighted by molar-refractivity contribution is -0.128. The minimum Gasteiger partial charge on any atom is -0.385 e. The predicted octanol–water partition coefficient (Wildman–Crippen LogP) is 0.714. The summed E-state index contributed by atoms with van der Waals surface area (Å²) in [5, 5.41) is 0. The number of rotatable bonds is 10. The van der Waals surface area contributed by atoms with E-state index in [1.165, 1.54) is 0 Å². The Labute approximate surface area is 98.0 Å². The molecule has 0 saturated carbocycles. The van der Waals surface area contributed by atoms with Gasteiger partial charge in [0.15, 0.2) is 0 Å². The molecule has 0 saturated heterocycles. The lowest BCUT2D eigenvalue weighted by Crippen LogP contribution is -2.44. The fourth-order valence-electron chi connectivity index (χ4n) is 1.65. The lowest BCUT2D eigenvalue weighted by atomic mass is 10.1. The van der Waals surface area contributed by atoms with Gasteiger partial charge in [0.05, 0.1) is 12.7 Å². The van der Waals surface area contributed by atoms with Crippen LogP contribution in [0.1, 0.15) is 6.42 Å². The average molecular weight is 236 g/mol. The second-order valence-electron chi connectivity index (χ2n) is 3.49. The van der Waals surface area contributed by atoms with Gasteiger partial charge in [-0.2, -0.15) is 0 Å². The third-order valence-electron chi connectivity index (χ3n) is 2.55. The first-order valence-electron chi connectivity index (χ1n) is 5.31. The molecular formula is C11H24O5. The highest BCUT2D eigenvalue weighted by molar-refractivity contribution is 4.79. The molecule has 98 valence electrons. The number of hydrogen-bond donors (Lipinski definition) is 0. The molecule has 0 amide bonds. The van der Waals surface area contributed by atoms with Gasteiger partial charge in [0.1, 0.15) is 12.2 Å². The minimum absolute atomic E-state index is 0.0648. The van der Waals surface area contributed by atoms with Gasteiger partial charge in [-0.1, -0.05) is 0 Å². The minimum atomic E-state index is -0.162. The van der Waals surface area contributed by atoms with Crippen molar-refractivity contribution < 1.29 is 23.7 Å². The first kappa shape index (κ1) is 15.8. The molecule has 3 atom stereocenters. The van der Waals surface area contributed by atoms with E-state index in [1.54, 1.807) is 35.5 Å². The molecule has 0 fully saturated rings. The molecule has 5 heteroatoms. The normalized spacial score (nSPS) is 17.1. The van der Waals surface area contributed by atoms with Crippen molar-refractivity contribution in [2.24, 2.45) is 0 Å². The van der Waals surface area contributed by atoms with E-state index in [0.29, 0.717) is 13.2 Å². The van der Waals surface area contributed by atoms with Crippen LogP contribution in [0, 0.1) is 0 Å². The van der Waals surface area contributed by atoms with Crippen LogP contribution in [-0.2, 0) is 23.7 Å². The average Bonchev–Trinajstić information content (AvgIpc) is 2.32. The molecule has 16 heavy (non-hydrogen) atoms. The van der Waals surface area contributed by atoms with E-state index in [1.807, 2.05) is 0 Å². The summed E-state index contributed by atoms with van der Waals surface area (Å²) < 4.78 is 26.3. The summed E-state index contributed by atoms with van der Waals surface area (Å²) >= 11 is 0. The fraction of sp³-hybridized carbons (Fsp3) is 1.00. The molecule has 0 aromatic rings. The molecule has 0 aliphatic heterocycles. The second-order valence-corrected chi connectivity index (χ2v) is 3.49. The van der Waals surface area contributed by atoms with E-state index >= 15 is 0 Å². The molecule has 0 radical (unpaired) electrons. The van der Waals surface area contributed by atoms with Crippen LogP contribution in [-0.4, -0.2) is 67.1 Å². The molecule has 0 heterocycles. The Morgan fingerprint density at radius 2 is 1.38 bits per heavy atom. The lowest BCUT2D eigenvalue weighted by Gasteiger charge is -2.30. The van der Waals surface area contributed by atoms with E-state index < -0.39 is 0 Å². The van der Waals surface area contributed by atoms with Gasteiger partial charge in [-0.25, -0.2) is 0 Å². The van der Waals surface area contributed by atoms with Crippen molar-refractivity contribution in [3.63, 3.8) is 0 Å². The van der Waals surface area contributed by atoms with Gasteiger partial charge in [-0.05, 0) is 6.42 Å². The van der Waals surface area contributed by atoms with Crippen molar-refractivity contribution in [2.45, 2.75) is 24.7 Å². The summed E-state index contributed by atoms with van der Waals surface area (Å²) in [5.74, 6) is 0. The van der Waals surface area contributed by atoms with E-state index in [0.717, 1.165) is 6.42 Å². The quantitative estimate of drug-likeness (QED) is 0.559. The third-order valence-corrected chi connectivity index (χ3v) is 2.55. The van der Waals surface area contributed by atoms with Crippen LogP contribution in [0.2, 0.25) is 0 Å². The summed E-state index contributed by atoms with van der Waals surface area (Å²) in [6.45, 7) is 1.10. The monoisotopic (exact) mass is 236 g/mol. The topological polar surface area (TPSA) is 46.2 Å². The predicted molar refractivity (Wildman–Crippen MR) is 60.8 cm³/mol. The molecule has 0 rings (SSSR count). The summed E-state index contributed by atoms with van der Waals surface area (Å²) in [5.41, 5.74) is 0. The largest absolute Gasteiger partial charge is 0.385 e. The zero-order chi connectivity index (χ0) is 12.4. The number of hydrogen-bond acceptors (Lipinski definition) is 5. The van der Waals surface area contributed by atoms with Gasteiger partial charge >= 0.3 is 0 Å². The molecule has 0 aliphatic rings. The van der Waals surface area contributed by atoms with Crippen LogP contribution in [0.5, 0.6) is 0 Å². The van der Waals surface area contributed by atoms with Crippen molar-refractivity contribution in [1.82, 2.24) is 0 Å². The van der Waals surface area contributed by atoms with Crippen molar-refractivity contribution >= 4 is 0 Å². The van der Waals surface area contributed by atoms with Gasteiger partial charge in [-0.3, -0.25) is 0 Å². The molecule has 0 bridgehead atoms. The van der Waals surface area contributed by atoms with Crippen LogP contribution >= 0.6 is 0 Å². The van der Waals surface area contributed by atoms with Gasteiger partial charge in [0.2, 0.25) is 0 Å². The number of methoxy groups -OCH3 is 5. The van der Waals surface area contributed by atoms with E-state index in [9.17, 15) is 0 Å². The summed E-state index contributed by atoms with van der Waals surface area (Å²) in [4.78, 5) is 0. The summed E-state index contributed by atoms with van der Waals surface area (Å²) in [7, 11) is 8.24. The molecule has 5 nitrogen and oxygen atoms in total. The van der Waals surface area contributed by atoms with E-state index in [-0.39, 0.29) is 18.3 Å². The van der Waals surface area contributed by atoms with Gasteiger partial charge in [0, 0.05) is 42.2 Å². The fourth-order valence-corrected chi connectivity index (χ4v) is 1.65. The van der Waals surface area contributed by atoms with Crippen molar-refractivity contribution in [1.29, 1.82) is 0 Å². The Bertz CT molecular complexity index is 153. The molecule has 0 aromatic carbocycles. The van der Waals surface area contributed by atoms with Crippen molar-refractivity contribution in [3.05, 3.63) is 0 Å². The SMILES string of the molecule is COCC[C@H](OC)[C@@H](OC)[C@H](COC)OC. The highest BCUT2D eigenvalue weighted by Crippen LogP contribution is 2.14. The van der Waals surface area contributed by atoms with Gasteiger partial charge in [0.25, 0.3) is 0 Å². The molecule has 0 aliphatic carbocycles. The smallest absolute Gasteiger partial charge is 0.112 e. The first-order valence-corrected chi connectivity index (χ1v) is 5.31. The third kappa shape index (κ3) is 5.23. The van der Waals surface area contributed by atoms with Crippen molar-refractivity contribution in [2.75, 3.05) is 48.8 Å². The highest BCUT2D eigenvalue weighted by atomic mass is 16.6. The second kappa shape index (κ2) is 9.99.